The van der Waals surface area contributed by atoms with E-state index in [1.165, 1.54) is 7.11 Å². The van der Waals surface area contributed by atoms with Gasteiger partial charge in [-0.3, -0.25) is 0 Å². The second-order valence-corrected chi connectivity index (χ2v) is 5.42. The average molecular weight is 358 g/mol. The third-order valence-corrected chi connectivity index (χ3v) is 3.36. The summed E-state index contributed by atoms with van der Waals surface area (Å²) in [6.45, 7) is 3.11. The fraction of sp³-hybridized carbons (Fsp3) is 0.300. The lowest BCUT2D eigenvalue weighted by Gasteiger charge is -2.08. The van der Waals surface area contributed by atoms with Gasteiger partial charge in [0.1, 0.15) is 18.1 Å². The summed E-state index contributed by atoms with van der Waals surface area (Å²) in [6, 6.07) is 13.0. The van der Waals surface area contributed by atoms with Crippen LogP contribution in [0.3, 0.4) is 0 Å². The van der Waals surface area contributed by atoms with Gasteiger partial charge < -0.3 is 18.9 Å². The van der Waals surface area contributed by atoms with E-state index in [9.17, 15) is 9.59 Å². The quantitative estimate of drug-likeness (QED) is 0.388. The molecule has 0 saturated heterocycles. The molecule has 0 spiro atoms. The largest absolute Gasteiger partial charge is 0.494 e. The number of carbonyl (C=O) groups excluding carboxylic acids is 2. The van der Waals surface area contributed by atoms with E-state index in [2.05, 4.69) is 0 Å². The van der Waals surface area contributed by atoms with Crippen LogP contribution in [0.25, 0.3) is 0 Å². The predicted octanol–water partition coefficient (Wildman–Crippen LogP) is 3.50. The summed E-state index contributed by atoms with van der Waals surface area (Å²) < 4.78 is 20.7. The number of ether oxygens (including phenoxy) is 4. The minimum atomic E-state index is -0.498. The van der Waals surface area contributed by atoms with E-state index in [1.54, 1.807) is 48.5 Å². The van der Waals surface area contributed by atoms with Crippen molar-refractivity contribution in [2.45, 2.75) is 13.3 Å². The van der Waals surface area contributed by atoms with E-state index >= 15 is 0 Å². The Balaban J connectivity index is 1.96. The zero-order chi connectivity index (χ0) is 18.8. The maximum atomic E-state index is 12.3. The third kappa shape index (κ3) is 5.89. The van der Waals surface area contributed by atoms with Crippen LogP contribution in [-0.2, 0) is 9.47 Å². The van der Waals surface area contributed by atoms with Crippen LogP contribution in [0.5, 0.6) is 11.5 Å². The van der Waals surface area contributed by atoms with Crippen LogP contribution in [0.1, 0.15) is 34.1 Å². The minimum Gasteiger partial charge on any atom is -0.494 e. The summed E-state index contributed by atoms with van der Waals surface area (Å²) in [5.74, 6) is 0.00171. The van der Waals surface area contributed by atoms with Crippen molar-refractivity contribution in [3.63, 3.8) is 0 Å². The lowest BCUT2D eigenvalue weighted by atomic mass is 10.2. The molecule has 0 aliphatic rings. The number of hydrogen-bond acceptors (Lipinski definition) is 6. The zero-order valence-corrected chi connectivity index (χ0v) is 14.9. The van der Waals surface area contributed by atoms with Crippen molar-refractivity contribution in [1.82, 2.24) is 0 Å². The van der Waals surface area contributed by atoms with E-state index < -0.39 is 11.9 Å². The molecule has 2 aromatic rings. The molecule has 2 rings (SSSR count). The molecule has 0 atom stereocenters. The molecule has 0 aromatic heterocycles. The van der Waals surface area contributed by atoms with Crippen LogP contribution in [-0.4, -0.2) is 38.9 Å². The fourth-order valence-electron chi connectivity index (χ4n) is 2.06. The van der Waals surface area contributed by atoms with Gasteiger partial charge in [-0.2, -0.15) is 0 Å². The fourth-order valence-corrected chi connectivity index (χ4v) is 2.06. The maximum Gasteiger partial charge on any atom is 0.343 e. The van der Waals surface area contributed by atoms with Crippen LogP contribution in [0, 0.1) is 0 Å². The maximum absolute atomic E-state index is 12.3. The molecular formula is C20H22O6. The Morgan fingerprint density at radius 2 is 1.62 bits per heavy atom. The molecule has 2 aromatic carbocycles. The molecule has 0 unspecified atom stereocenters. The summed E-state index contributed by atoms with van der Waals surface area (Å²) in [4.78, 5) is 24.0. The molecule has 0 saturated carbocycles. The van der Waals surface area contributed by atoms with Crippen molar-refractivity contribution in [1.29, 1.82) is 0 Å². The number of esters is 2. The SMILES string of the molecule is CCCOc1cccc(C(=O)Oc2ccc(C(=O)OCCOC)cc2)c1. The topological polar surface area (TPSA) is 71.1 Å². The van der Waals surface area contributed by atoms with Gasteiger partial charge in [-0.1, -0.05) is 13.0 Å². The van der Waals surface area contributed by atoms with E-state index in [0.29, 0.717) is 35.8 Å². The minimum absolute atomic E-state index is 0.183. The Morgan fingerprint density at radius 3 is 2.31 bits per heavy atom. The first-order chi connectivity index (χ1) is 12.6. The Hall–Kier alpha value is -2.86. The summed E-state index contributed by atoms with van der Waals surface area (Å²) in [6.07, 6.45) is 0.884. The van der Waals surface area contributed by atoms with Crippen molar-refractivity contribution in [2.75, 3.05) is 26.9 Å². The molecule has 0 bridgehead atoms. The van der Waals surface area contributed by atoms with Crippen LogP contribution in [0.4, 0.5) is 0 Å². The zero-order valence-electron chi connectivity index (χ0n) is 14.9. The summed E-state index contributed by atoms with van der Waals surface area (Å²) in [7, 11) is 1.53. The third-order valence-electron chi connectivity index (χ3n) is 3.36. The first-order valence-corrected chi connectivity index (χ1v) is 8.35. The van der Waals surface area contributed by atoms with Crippen molar-refractivity contribution in [3.05, 3.63) is 59.7 Å². The van der Waals surface area contributed by atoms with Crippen LogP contribution in [0.15, 0.2) is 48.5 Å². The number of methoxy groups -OCH3 is 1. The lowest BCUT2D eigenvalue weighted by molar-refractivity contribution is 0.0388. The Morgan fingerprint density at radius 1 is 0.846 bits per heavy atom. The Bertz CT molecular complexity index is 723. The van der Waals surface area contributed by atoms with Crippen molar-refractivity contribution in [3.8, 4) is 11.5 Å². The van der Waals surface area contributed by atoms with Gasteiger partial charge in [-0.15, -0.1) is 0 Å². The molecule has 0 N–H and O–H groups in total. The number of rotatable bonds is 9. The lowest BCUT2D eigenvalue weighted by Crippen LogP contribution is -2.11. The molecule has 138 valence electrons. The van der Waals surface area contributed by atoms with Gasteiger partial charge in [0, 0.05) is 7.11 Å². The molecule has 6 nitrogen and oxygen atoms in total. The van der Waals surface area contributed by atoms with E-state index in [1.807, 2.05) is 6.92 Å². The molecule has 0 aliphatic carbocycles. The highest BCUT2D eigenvalue weighted by Gasteiger charge is 2.11. The second kappa shape index (κ2) is 10.2. The summed E-state index contributed by atoms with van der Waals surface area (Å²) >= 11 is 0. The van der Waals surface area contributed by atoms with Crippen molar-refractivity contribution < 1.29 is 28.5 Å². The average Bonchev–Trinajstić information content (AvgIpc) is 2.67. The first kappa shape index (κ1) is 19.5. The molecular weight excluding hydrogens is 336 g/mol. The Labute approximate surface area is 152 Å². The molecule has 0 amide bonds. The highest BCUT2D eigenvalue weighted by atomic mass is 16.6. The predicted molar refractivity (Wildman–Crippen MR) is 95.8 cm³/mol. The standard InChI is InChI=1S/C20H22O6/c1-3-11-24-18-6-4-5-16(14-18)20(22)26-17-9-7-15(8-10-17)19(21)25-13-12-23-2/h4-10,14H,3,11-13H2,1-2H3. The van der Waals surface area contributed by atoms with Gasteiger partial charge in [-0.05, 0) is 48.9 Å². The smallest absolute Gasteiger partial charge is 0.343 e. The van der Waals surface area contributed by atoms with Gasteiger partial charge in [0.15, 0.2) is 0 Å². The number of hydrogen-bond donors (Lipinski definition) is 0. The van der Waals surface area contributed by atoms with E-state index in [4.69, 9.17) is 18.9 Å². The van der Waals surface area contributed by atoms with E-state index in [0.717, 1.165) is 6.42 Å². The van der Waals surface area contributed by atoms with Gasteiger partial charge in [-0.25, -0.2) is 9.59 Å². The second-order valence-electron chi connectivity index (χ2n) is 5.42. The van der Waals surface area contributed by atoms with Crippen LogP contribution >= 0.6 is 0 Å². The highest BCUT2D eigenvalue weighted by Crippen LogP contribution is 2.18. The molecule has 6 heteroatoms. The van der Waals surface area contributed by atoms with Gasteiger partial charge in [0.05, 0.1) is 24.3 Å². The Kier molecular flexibility index (Phi) is 7.64. The molecule has 26 heavy (non-hydrogen) atoms. The van der Waals surface area contributed by atoms with Gasteiger partial charge in [0.25, 0.3) is 0 Å². The number of benzene rings is 2. The summed E-state index contributed by atoms with van der Waals surface area (Å²) in [5, 5.41) is 0. The monoisotopic (exact) mass is 358 g/mol. The molecule has 0 heterocycles. The van der Waals surface area contributed by atoms with Crippen molar-refractivity contribution in [2.24, 2.45) is 0 Å². The van der Waals surface area contributed by atoms with E-state index in [-0.39, 0.29) is 6.61 Å². The van der Waals surface area contributed by atoms with Crippen molar-refractivity contribution >= 4 is 11.9 Å². The molecule has 0 aliphatic heterocycles. The normalized spacial score (nSPS) is 10.2. The van der Waals surface area contributed by atoms with Crippen LogP contribution in [0.2, 0.25) is 0 Å². The first-order valence-electron chi connectivity index (χ1n) is 8.35. The number of carbonyl (C=O) groups is 2. The summed E-state index contributed by atoms with van der Waals surface area (Å²) in [5.41, 5.74) is 0.762. The highest BCUT2D eigenvalue weighted by molar-refractivity contribution is 5.92. The van der Waals surface area contributed by atoms with Gasteiger partial charge >= 0.3 is 11.9 Å². The molecule has 0 radical (unpaired) electrons. The van der Waals surface area contributed by atoms with Gasteiger partial charge in [0.2, 0.25) is 0 Å². The molecule has 0 fully saturated rings. The van der Waals surface area contributed by atoms with Crippen LogP contribution < -0.4 is 9.47 Å².